The van der Waals surface area contributed by atoms with E-state index in [9.17, 15) is 43.4 Å². The first-order chi connectivity index (χ1) is 26.6. The molecule has 5 rings (SSSR count). The number of hydrogen-bond donors (Lipinski definition) is 9. The van der Waals surface area contributed by atoms with Gasteiger partial charge in [-0.1, -0.05) is 31.9 Å². The van der Waals surface area contributed by atoms with Crippen molar-refractivity contribution in [1.82, 2.24) is 29.8 Å². The number of aromatic amines is 2. The molecule has 1 aromatic carbocycles. The number of carboxylic acid groups (broad SMARTS) is 2. The Kier molecular flexibility index (Phi) is 14.8. The van der Waals surface area contributed by atoms with Gasteiger partial charge in [-0.05, 0) is 55.9 Å². The maximum Gasteiger partial charge on any atom is 0.412 e. The number of carbonyl (C=O) groups excluding carboxylic acids is 2. The number of H-pyrrole nitrogens is 2. The molecule has 1 aliphatic heterocycles. The zero-order valence-corrected chi connectivity index (χ0v) is 30.4. The summed E-state index contributed by atoms with van der Waals surface area (Å²) in [6.45, 7) is 3.68. The molecule has 4 heterocycles. The number of aliphatic hydroxyl groups excluding tert-OH is 2. The highest BCUT2D eigenvalue weighted by Crippen LogP contribution is 2.28. The minimum atomic E-state index is -1.41. The van der Waals surface area contributed by atoms with Crippen LogP contribution >= 0.6 is 0 Å². The molecule has 1 saturated heterocycles. The number of benzene rings is 1. The molecule has 10 N–H and O–H groups in total. The first-order valence-corrected chi connectivity index (χ1v) is 17.5. The number of hydrogen-bond acceptors (Lipinski definition) is 13. The maximum atomic E-state index is 14.1. The minimum Gasteiger partial charge on any atom is -0.481 e. The molecule has 302 valence electrons. The lowest BCUT2D eigenvalue weighted by atomic mass is 10.0. The van der Waals surface area contributed by atoms with Crippen molar-refractivity contribution in [3.05, 3.63) is 80.0 Å². The van der Waals surface area contributed by atoms with E-state index in [0.717, 1.165) is 34.7 Å². The second-order valence-corrected chi connectivity index (χ2v) is 12.8. The highest BCUT2D eigenvalue weighted by molar-refractivity contribution is 5.96. The zero-order valence-electron chi connectivity index (χ0n) is 30.4. The summed E-state index contributed by atoms with van der Waals surface area (Å²) >= 11 is 0. The third kappa shape index (κ3) is 11.2. The molecule has 1 fully saturated rings. The third-order valence-corrected chi connectivity index (χ3v) is 8.65. The Morgan fingerprint density at radius 1 is 1.07 bits per heavy atom. The molecule has 56 heavy (non-hydrogen) atoms. The van der Waals surface area contributed by atoms with Gasteiger partial charge in [0, 0.05) is 18.2 Å². The van der Waals surface area contributed by atoms with Crippen LogP contribution in [-0.2, 0) is 31.9 Å². The number of nitrogen functional groups attached to an aromatic ring is 1. The number of aromatic nitrogens is 5. The molecule has 0 spiro atoms. The quantitative estimate of drug-likeness (QED) is 0.0770. The Labute approximate surface area is 316 Å². The number of fused-ring (bicyclic) bond motifs is 1. The number of unbranched alkanes of at least 4 members (excludes halogenated alkanes) is 2. The first kappa shape index (κ1) is 42.6. The largest absolute Gasteiger partial charge is 0.481 e. The van der Waals surface area contributed by atoms with Crippen molar-refractivity contribution in [2.45, 2.75) is 89.4 Å². The monoisotopic (exact) mass is 786 g/mol. The summed E-state index contributed by atoms with van der Waals surface area (Å²) in [6.07, 6.45) is 0.0234. The topological polar surface area (TPSA) is 314 Å². The molecule has 0 radical (unpaired) electrons. The van der Waals surface area contributed by atoms with E-state index in [1.54, 1.807) is 30.5 Å². The maximum absolute atomic E-state index is 14.1. The van der Waals surface area contributed by atoms with Gasteiger partial charge in [0.2, 0.25) is 5.95 Å². The smallest absolute Gasteiger partial charge is 0.412 e. The lowest BCUT2D eigenvalue weighted by Crippen LogP contribution is -2.41. The Bertz CT molecular complexity index is 2140. The van der Waals surface area contributed by atoms with Crippen LogP contribution in [0.4, 0.5) is 21.0 Å². The lowest BCUT2D eigenvalue weighted by molar-refractivity contribution is -0.140. The summed E-state index contributed by atoms with van der Waals surface area (Å²) < 4.78 is 24.9. The van der Waals surface area contributed by atoms with E-state index < -0.39 is 71.8 Å². The number of nitrogens with two attached hydrogens (primary N) is 1. The van der Waals surface area contributed by atoms with E-state index >= 15 is 0 Å². The minimum absolute atomic E-state index is 0.0351. The summed E-state index contributed by atoms with van der Waals surface area (Å²) in [7, 11) is 0. The fourth-order valence-corrected chi connectivity index (χ4v) is 5.61. The predicted molar refractivity (Wildman–Crippen MR) is 195 cm³/mol. The summed E-state index contributed by atoms with van der Waals surface area (Å²) in [5.74, 6) is -4.58. The van der Waals surface area contributed by atoms with E-state index in [4.69, 9.17) is 25.4 Å². The summed E-state index contributed by atoms with van der Waals surface area (Å²) in [5.41, 5.74) is 6.64. The van der Waals surface area contributed by atoms with Crippen LogP contribution in [0.15, 0.2) is 46.2 Å². The molecule has 20 nitrogen and oxygen atoms in total. The van der Waals surface area contributed by atoms with Gasteiger partial charge >= 0.3 is 23.7 Å². The van der Waals surface area contributed by atoms with Gasteiger partial charge in [0.05, 0.1) is 24.3 Å². The molecule has 0 saturated carbocycles. The Hall–Kier alpha value is -6.19. The number of carbonyl (C=O) groups is 4. The SMILES string of the molecule is CCCCCOC(=O)Nc1nc(=O)n([C@@H]2O[C@H](C)[C@@H](O)[C@H]2O)cc1F.Nc1nc2[nH]cc(CCc3ccc(C(=O)N[C@@H](CCC(=O)O)C(=O)O)cc3)c2c(=O)[nH]1. The number of carboxylic acids is 2. The van der Waals surface area contributed by atoms with Gasteiger partial charge in [-0.2, -0.15) is 9.97 Å². The van der Waals surface area contributed by atoms with E-state index in [1.165, 1.54) is 6.92 Å². The van der Waals surface area contributed by atoms with Crippen molar-refractivity contribution in [3.63, 3.8) is 0 Å². The zero-order chi connectivity index (χ0) is 41.1. The number of amides is 2. The Balaban J connectivity index is 0.000000255. The summed E-state index contributed by atoms with van der Waals surface area (Å²) in [6, 6.07) is 5.30. The van der Waals surface area contributed by atoms with E-state index in [-0.39, 0.29) is 36.5 Å². The van der Waals surface area contributed by atoms with Crippen molar-refractivity contribution in [2.75, 3.05) is 17.7 Å². The number of anilines is 2. The molecule has 2 amide bonds. The van der Waals surface area contributed by atoms with Gasteiger partial charge in [0.15, 0.2) is 17.9 Å². The van der Waals surface area contributed by atoms with E-state index in [2.05, 4.69) is 30.6 Å². The number of aryl methyl sites for hydroxylation is 2. The average Bonchev–Trinajstić information content (AvgIpc) is 3.67. The van der Waals surface area contributed by atoms with Crippen molar-refractivity contribution < 1.29 is 53.5 Å². The molecular weight excluding hydrogens is 743 g/mol. The van der Waals surface area contributed by atoms with Crippen LogP contribution in [0.25, 0.3) is 11.0 Å². The lowest BCUT2D eigenvalue weighted by Gasteiger charge is -2.17. The summed E-state index contributed by atoms with van der Waals surface area (Å²) in [4.78, 5) is 82.8. The molecule has 0 unspecified atom stereocenters. The van der Waals surface area contributed by atoms with Crippen molar-refractivity contribution in [1.29, 1.82) is 0 Å². The summed E-state index contributed by atoms with van der Waals surface area (Å²) in [5, 5.41) is 42.2. The van der Waals surface area contributed by atoms with Gasteiger partial charge < -0.3 is 45.9 Å². The molecule has 21 heteroatoms. The molecule has 1 aliphatic rings. The number of aliphatic carboxylic acids is 2. The number of rotatable bonds is 15. The average molecular weight is 787 g/mol. The van der Waals surface area contributed by atoms with Crippen LogP contribution in [0.2, 0.25) is 0 Å². The second-order valence-electron chi connectivity index (χ2n) is 12.8. The molecule has 5 atom stereocenters. The van der Waals surface area contributed by atoms with Crippen LogP contribution in [-0.4, -0.2) is 99.8 Å². The Morgan fingerprint density at radius 3 is 2.41 bits per heavy atom. The molecule has 3 aromatic heterocycles. The van der Waals surface area contributed by atoms with Gasteiger partial charge in [0.25, 0.3) is 11.5 Å². The predicted octanol–water partition coefficient (Wildman–Crippen LogP) is 1.43. The van der Waals surface area contributed by atoms with Gasteiger partial charge in [-0.15, -0.1) is 0 Å². The molecule has 4 aromatic rings. The number of ether oxygens (including phenoxy) is 2. The second kappa shape index (κ2) is 19.4. The van der Waals surface area contributed by atoms with Crippen molar-refractivity contribution in [3.8, 4) is 0 Å². The molecule has 0 bridgehead atoms. The van der Waals surface area contributed by atoms with Crippen molar-refractivity contribution >= 4 is 46.7 Å². The number of aliphatic hydroxyl groups is 2. The molecule has 0 aliphatic carbocycles. The first-order valence-electron chi connectivity index (χ1n) is 17.5. The van der Waals surface area contributed by atoms with Crippen molar-refractivity contribution in [2.24, 2.45) is 0 Å². The van der Waals surface area contributed by atoms with Crippen LogP contribution < -0.4 is 27.6 Å². The Morgan fingerprint density at radius 2 is 1.79 bits per heavy atom. The third-order valence-electron chi connectivity index (χ3n) is 8.65. The normalized spacial score (nSPS) is 18.1. The number of nitrogens with zero attached hydrogens (tertiary/aromatic N) is 3. The fourth-order valence-electron chi connectivity index (χ4n) is 5.61. The number of halogens is 1. The van der Waals surface area contributed by atoms with E-state index in [1.807, 2.05) is 6.92 Å². The van der Waals surface area contributed by atoms with Crippen LogP contribution in [0.5, 0.6) is 0 Å². The van der Waals surface area contributed by atoms with Gasteiger partial charge in [-0.25, -0.2) is 18.8 Å². The highest BCUT2D eigenvalue weighted by Gasteiger charge is 2.42. The van der Waals surface area contributed by atoms with Gasteiger partial charge in [0.1, 0.15) is 23.9 Å². The van der Waals surface area contributed by atoms with Crippen LogP contribution in [0, 0.1) is 5.82 Å². The standard InChI is InChI=1S/C20H21N5O6.C15H22FN3O6/c21-20-24-16-15(18(29)25-20)12(9-22-16)6-3-10-1-4-11(5-2-10)17(28)23-13(19(30)31)7-8-14(26)27;1-3-4-5-6-24-15(23)18-12-9(16)7-19(14(22)17-12)13-11(21)10(20)8(2)25-13/h1-2,4-5,9,13H,3,6-8H2,(H,23,28)(H,26,27)(H,30,31)(H4,21,22,24,25,29);7-8,10-11,13,20-21H,3-6H2,1-2H3,(H,17,18,22,23)/t13-;8-,10-,11-,13-/m01/s1. The highest BCUT2D eigenvalue weighted by atomic mass is 19.1. The molecular formula is C35H43FN8O12. The van der Waals surface area contributed by atoms with Gasteiger partial charge in [-0.3, -0.25) is 29.3 Å². The van der Waals surface area contributed by atoms with Crippen LogP contribution in [0.1, 0.15) is 73.7 Å². The van der Waals surface area contributed by atoms with E-state index in [0.29, 0.717) is 30.3 Å². The fraction of sp³-hybridized carbons (Fsp3) is 0.429. The number of nitrogens with one attached hydrogen (secondary N) is 4. The van der Waals surface area contributed by atoms with Crippen LogP contribution in [0.3, 0.4) is 0 Å².